The lowest BCUT2D eigenvalue weighted by Crippen LogP contribution is -2.11. The number of aliphatic carboxylic acids is 1. The number of carbonyl (C=O) groups is 1. The van der Waals surface area contributed by atoms with Crippen LogP contribution in [0.15, 0.2) is 34.8 Å². The predicted molar refractivity (Wildman–Crippen MR) is 66.2 cm³/mol. The summed E-state index contributed by atoms with van der Waals surface area (Å²) in [4.78, 5) is 11.1. The minimum atomic E-state index is -0.959. The summed E-state index contributed by atoms with van der Waals surface area (Å²) in [7, 11) is 0. The SMILES string of the molecule is O=C(O)C(CC=C(Cl)Cl)c1ccccc1Cl. The normalized spacial score (nSPS) is 11.9. The summed E-state index contributed by atoms with van der Waals surface area (Å²) in [5.74, 6) is -1.69. The number of carboxylic acid groups (broad SMARTS) is 1. The average molecular weight is 280 g/mol. The fourth-order valence-corrected chi connectivity index (χ4v) is 1.77. The van der Waals surface area contributed by atoms with Crippen molar-refractivity contribution < 1.29 is 9.90 Å². The number of carboxylic acids is 1. The molecule has 0 aliphatic rings. The molecule has 0 spiro atoms. The van der Waals surface area contributed by atoms with Crippen molar-refractivity contribution in [3.05, 3.63) is 45.4 Å². The molecule has 0 fully saturated rings. The summed E-state index contributed by atoms with van der Waals surface area (Å²) >= 11 is 16.8. The van der Waals surface area contributed by atoms with E-state index >= 15 is 0 Å². The van der Waals surface area contributed by atoms with Crippen LogP contribution in [0.4, 0.5) is 0 Å². The molecule has 1 unspecified atom stereocenters. The van der Waals surface area contributed by atoms with Crippen LogP contribution in [0.1, 0.15) is 17.9 Å². The average Bonchev–Trinajstić information content (AvgIpc) is 2.20. The molecule has 0 radical (unpaired) electrons. The zero-order valence-corrected chi connectivity index (χ0v) is 10.4. The first-order valence-electron chi connectivity index (χ1n) is 4.50. The quantitative estimate of drug-likeness (QED) is 0.896. The Morgan fingerprint density at radius 2 is 2.00 bits per heavy atom. The van der Waals surface area contributed by atoms with Gasteiger partial charge < -0.3 is 5.11 Å². The van der Waals surface area contributed by atoms with Gasteiger partial charge in [0.15, 0.2) is 0 Å². The predicted octanol–water partition coefficient (Wildman–Crippen LogP) is 4.22. The van der Waals surface area contributed by atoms with Crippen LogP contribution in [0.25, 0.3) is 0 Å². The molecular weight excluding hydrogens is 270 g/mol. The van der Waals surface area contributed by atoms with Crippen LogP contribution < -0.4 is 0 Å². The second kappa shape index (κ2) is 6.14. The van der Waals surface area contributed by atoms with Crippen molar-refractivity contribution in [1.29, 1.82) is 0 Å². The highest BCUT2D eigenvalue weighted by Gasteiger charge is 2.20. The standard InChI is InChI=1S/C11H9Cl3O2/c12-9-4-2-1-3-7(9)8(11(15)16)5-6-10(13)14/h1-4,6,8H,5H2,(H,15,16). The van der Waals surface area contributed by atoms with Crippen LogP contribution in [0, 0.1) is 0 Å². The molecule has 1 aromatic rings. The highest BCUT2D eigenvalue weighted by molar-refractivity contribution is 6.55. The summed E-state index contributed by atoms with van der Waals surface area (Å²) in [5, 5.41) is 9.51. The van der Waals surface area contributed by atoms with Crippen molar-refractivity contribution in [3.63, 3.8) is 0 Å². The zero-order valence-electron chi connectivity index (χ0n) is 8.16. The van der Waals surface area contributed by atoms with Crippen molar-refractivity contribution in [1.82, 2.24) is 0 Å². The van der Waals surface area contributed by atoms with Gasteiger partial charge >= 0.3 is 5.97 Å². The fraction of sp³-hybridized carbons (Fsp3) is 0.182. The van der Waals surface area contributed by atoms with E-state index in [9.17, 15) is 4.79 Å². The van der Waals surface area contributed by atoms with Gasteiger partial charge in [-0.1, -0.05) is 59.1 Å². The Balaban J connectivity index is 2.99. The molecule has 0 amide bonds. The minimum absolute atomic E-state index is 0.0540. The Labute approximate surface area is 108 Å². The largest absolute Gasteiger partial charge is 0.481 e. The summed E-state index contributed by atoms with van der Waals surface area (Å²) in [6.45, 7) is 0. The molecule has 16 heavy (non-hydrogen) atoms. The van der Waals surface area contributed by atoms with Crippen molar-refractivity contribution >= 4 is 40.8 Å². The molecule has 5 heteroatoms. The van der Waals surface area contributed by atoms with Crippen LogP contribution in [0.3, 0.4) is 0 Å². The lowest BCUT2D eigenvalue weighted by atomic mass is 9.96. The van der Waals surface area contributed by atoms with Crippen LogP contribution >= 0.6 is 34.8 Å². The Morgan fingerprint density at radius 3 is 2.50 bits per heavy atom. The van der Waals surface area contributed by atoms with Gasteiger partial charge in [0.05, 0.1) is 5.92 Å². The third-order valence-corrected chi connectivity index (χ3v) is 2.74. The van der Waals surface area contributed by atoms with Crippen LogP contribution in [-0.2, 0) is 4.79 Å². The Morgan fingerprint density at radius 1 is 1.38 bits per heavy atom. The van der Waals surface area contributed by atoms with Gasteiger partial charge in [-0.25, -0.2) is 0 Å². The maximum atomic E-state index is 11.1. The summed E-state index contributed by atoms with van der Waals surface area (Å²) in [5.41, 5.74) is 0.558. The fourth-order valence-electron chi connectivity index (χ4n) is 1.33. The first-order chi connectivity index (χ1) is 7.52. The molecule has 86 valence electrons. The van der Waals surface area contributed by atoms with Crippen molar-refractivity contribution in [2.75, 3.05) is 0 Å². The number of hydrogen-bond donors (Lipinski definition) is 1. The topological polar surface area (TPSA) is 37.3 Å². The van der Waals surface area contributed by atoms with Gasteiger partial charge in [0.1, 0.15) is 4.49 Å². The number of halogens is 3. The van der Waals surface area contributed by atoms with E-state index in [0.29, 0.717) is 10.6 Å². The molecule has 1 aromatic carbocycles. The van der Waals surface area contributed by atoms with Gasteiger partial charge in [-0.2, -0.15) is 0 Å². The molecule has 0 aliphatic carbocycles. The number of benzene rings is 1. The van der Waals surface area contributed by atoms with Gasteiger partial charge in [0.25, 0.3) is 0 Å². The monoisotopic (exact) mass is 278 g/mol. The third kappa shape index (κ3) is 3.71. The summed E-state index contributed by atoms with van der Waals surface area (Å²) < 4.78 is 0.0540. The minimum Gasteiger partial charge on any atom is -0.481 e. The first kappa shape index (κ1) is 13.4. The van der Waals surface area contributed by atoms with E-state index in [0.717, 1.165) is 0 Å². The highest BCUT2D eigenvalue weighted by Crippen LogP contribution is 2.28. The van der Waals surface area contributed by atoms with Crippen LogP contribution in [0.5, 0.6) is 0 Å². The molecule has 0 heterocycles. The second-order valence-electron chi connectivity index (χ2n) is 3.14. The molecule has 1 atom stereocenters. The second-order valence-corrected chi connectivity index (χ2v) is 4.56. The van der Waals surface area contributed by atoms with Gasteiger partial charge in [0, 0.05) is 5.02 Å². The van der Waals surface area contributed by atoms with Crippen molar-refractivity contribution in [2.45, 2.75) is 12.3 Å². The molecule has 0 bridgehead atoms. The Bertz CT molecular complexity index is 411. The van der Waals surface area contributed by atoms with Crippen molar-refractivity contribution in [2.24, 2.45) is 0 Å². The lowest BCUT2D eigenvalue weighted by molar-refractivity contribution is -0.138. The molecule has 0 aromatic heterocycles. The van der Waals surface area contributed by atoms with Gasteiger partial charge in [-0.3, -0.25) is 4.79 Å². The Hall–Kier alpha value is -0.700. The third-order valence-electron chi connectivity index (χ3n) is 2.09. The van der Waals surface area contributed by atoms with E-state index in [1.54, 1.807) is 24.3 Å². The Kier molecular flexibility index (Phi) is 5.13. The van der Waals surface area contributed by atoms with E-state index in [2.05, 4.69) is 0 Å². The molecule has 2 nitrogen and oxygen atoms in total. The van der Waals surface area contributed by atoms with E-state index in [4.69, 9.17) is 39.9 Å². The maximum absolute atomic E-state index is 11.1. The molecule has 0 saturated carbocycles. The van der Waals surface area contributed by atoms with E-state index < -0.39 is 11.9 Å². The zero-order chi connectivity index (χ0) is 12.1. The number of hydrogen-bond acceptors (Lipinski definition) is 1. The van der Waals surface area contributed by atoms with E-state index in [1.807, 2.05) is 0 Å². The molecule has 1 N–H and O–H groups in total. The smallest absolute Gasteiger partial charge is 0.311 e. The van der Waals surface area contributed by atoms with Crippen molar-refractivity contribution in [3.8, 4) is 0 Å². The molecular formula is C11H9Cl3O2. The number of allylic oxidation sites excluding steroid dienone is 1. The molecule has 0 saturated heterocycles. The summed E-state index contributed by atoms with van der Waals surface area (Å²) in [6, 6.07) is 6.81. The summed E-state index contributed by atoms with van der Waals surface area (Å²) in [6.07, 6.45) is 1.66. The maximum Gasteiger partial charge on any atom is 0.311 e. The van der Waals surface area contributed by atoms with Gasteiger partial charge in [-0.15, -0.1) is 0 Å². The lowest BCUT2D eigenvalue weighted by Gasteiger charge is -2.11. The van der Waals surface area contributed by atoms with Gasteiger partial charge in [0.2, 0.25) is 0 Å². The highest BCUT2D eigenvalue weighted by atomic mass is 35.5. The van der Waals surface area contributed by atoms with E-state index in [1.165, 1.54) is 6.08 Å². The molecule has 0 aliphatic heterocycles. The van der Waals surface area contributed by atoms with Crippen LogP contribution in [0.2, 0.25) is 5.02 Å². The number of rotatable bonds is 4. The van der Waals surface area contributed by atoms with Crippen LogP contribution in [-0.4, -0.2) is 11.1 Å². The van der Waals surface area contributed by atoms with Gasteiger partial charge in [-0.05, 0) is 18.1 Å². The first-order valence-corrected chi connectivity index (χ1v) is 5.64. The van der Waals surface area contributed by atoms with E-state index in [-0.39, 0.29) is 10.9 Å². The molecule has 1 rings (SSSR count).